The van der Waals surface area contributed by atoms with Gasteiger partial charge in [-0.05, 0) is 69.7 Å². The van der Waals surface area contributed by atoms with Gasteiger partial charge in [0.2, 0.25) is 0 Å². The molecule has 2 atom stereocenters. The average molecular weight is 383 g/mol. The highest BCUT2D eigenvalue weighted by molar-refractivity contribution is 5.75. The Morgan fingerprint density at radius 1 is 1.11 bits per heavy atom. The van der Waals surface area contributed by atoms with Crippen molar-refractivity contribution in [2.24, 2.45) is 0 Å². The van der Waals surface area contributed by atoms with E-state index in [1.54, 1.807) is 12.1 Å². The third kappa shape index (κ3) is 4.96. The standard InChI is InChI=1S/C20H24F3NO3/c1-19(2,3)27-18(25)24-15-5-4-6-16(24)12-14(11-15)13-7-9-17(10-8-13)26-20(21,22)23/h7-11,15-16H,4-6,12H2,1-3H3. The molecule has 27 heavy (non-hydrogen) atoms. The number of alkyl halides is 3. The third-order valence-corrected chi connectivity index (χ3v) is 4.70. The minimum absolute atomic E-state index is 0.0460. The van der Waals surface area contributed by atoms with Crippen molar-refractivity contribution in [1.29, 1.82) is 0 Å². The number of carbonyl (C=O) groups is 1. The van der Waals surface area contributed by atoms with Gasteiger partial charge in [-0.15, -0.1) is 13.2 Å². The molecule has 0 N–H and O–H groups in total. The Balaban J connectivity index is 1.78. The topological polar surface area (TPSA) is 38.8 Å². The zero-order valence-electron chi connectivity index (χ0n) is 15.7. The van der Waals surface area contributed by atoms with Crippen molar-refractivity contribution in [2.45, 2.75) is 70.5 Å². The number of halogens is 3. The highest BCUT2D eigenvalue weighted by Gasteiger charge is 2.39. The highest BCUT2D eigenvalue weighted by atomic mass is 19.4. The molecule has 2 heterocycles. The van der Waals surface area contributed by atoms with Crippen molar-refractivity contribution in [3.63, 3.8) is 0 Å². The number of benzene rings is 1. The molecule has 2 aliphatic rings. The first kappa shape index (κ1) is 19.6. The Labute approximate surface area is 156 Å². The van der Waals surface area contributed by atoms with Gasteiger partial charge in [-0.2, -0.15) is 0 Å². The van der Waals surface area contributed by atoms with Gasteiger partial charge >= 0.3 is 12.5 Å². The molecule has 7 heteroatoms. The van der Waals surface area contributed by atoms with Crippen LogP contribution in [0.4, 0.5) is 18.0 Å². The fourth-order valence-corrected chi connectivity index (χ4v) is 3.71. The van der Waals surface area contributed by atoms with E-state index in [4.69, 9.17) is 4.74 Å². The van der Waals surface area contributed by atoms with E-state index in [1.165, 1.54) is 12.1 Å². The van der Waals surface area contributed by atoms with Crippen molar-refractivity contribution < 1.29 is 27.4 Å². The number of piperidine rings is 1. The van der Waals surface area contributed by atoms with Crippen molar-refractivity contribution in [3.8, 4) is 5.75 Å². The average Bonchev–Trinajstić information content (AvgIpc) is 2.51. The van der Waals surface area contributed by atoms with E-state index in [0.717, 1.165) is 30.4 Å². The SMILES string of the molecule is CC(C)(C)OC(=O)N1C2C=C(c3ccc(OC(F)(F)F)cc3)CC1CCC2. The molecular weight excluding hydrogens is 359 g/mol. The first-order valence-corrected chi connectivity index (χ1v) is 9.10. The summed E-state index contributed by atoms with van der Waals surface area (Å²) in [5.41, 5.74) is 1.34. The molecule has 0 radical (unpaired) electrons. The maximum absolute atomic E-state index is 12.6. The van der Waals surface area contributed by atoms with Crippen LogP contribution in [-0.4, -0.2) is 35.0 Å². The number of carbonyl (C=O) groups excluding carboxylic acids is 1. The van der Waals surface area contributed by atoms with E-state index < -0.39 is 12.0 Å². The van der Waals surface area contributed by atoms with Gasteiger partial charge in [0.1, 0.15) is 11.4 Å². The van der Waals surface area contributed by atoms with Crippen LogP contribution in [0.5, 0.6) is 5.75 Å². The minimum atomic E-state index is -4.70. The van der Waals surface area contributed by atoms with Crippen molar-refractivity contribution in [2.75, 3.05) is 0 Å². The third-order valence-electron chi connectivity index (χ3n) is 4.70. The van der Waals surface area contributed by atoms with Crippen molar-refractivity contribution in [1.82, 2.24) is 4.90 Å². The van der Waals surface area contributed by atoms with Gasteiger partial charge in [0, 0.05) is 6.04 Å². The lowest BCUT2D eigenvalue weighted by Crippen LogP contribution is -2.53. The fourth-order valence-electron chi connectivity index (χ4n) is 3.71. The fraction of sp³-hybridized carbons (Fsp3) is 0.550. The second kappa shape index (κ2) is 7.09. The number of nitrogens with zero attached hydrogens (tertiary/aromatic N) is 1. The summed E-state index contributed by atoms with van der Waals surface area (Å²) in [5.74, 6) is -0.238. The molecule has 2 bridgehead atoms. The maximum atomic E-state index is 12.6. The molecule has 1 aromatic rings. The van der Waals surface area contributed by atoms with E-state index in [0.29, 0.717) is 6.42 Å². The number of amides is 1. The molecule has 0 saturated carbocycles. The van der Waals surface area contributed by atoms with Gasteiger partial charge in [-0.1, -0.05) is 18.2 Å². The Hall–Kier alpha value is -2.18. The van der Waals surface area contributed by atoms with Crippen molar-refractivity contribution >= 4 is 11.7 Å². The molecular formula is C20H24F3NO3. The Morgan fingerprint density at radius 3 is 2.33 bits per heavy atom. The molecule has 0 aliphatic carbocycles. The van der Waals surface area contributed by atoms with E-state index in [1.807, 2.05) is 31.7 Å². The van der Waals surface area contributed by atoms with Gasteiger partial charge in [0.05, 0.1) is 6.04 Å². The van der Waals surface area contributed by atoms with E-state index in [-0.39, 0.29) is 23.9 Å². The van der Waals surface area contributed by atoms with Crippen LogP contribution >= 0.6 is 0 Å². The van der Waals surface area contributed by atoms with Crippen LogP contribution in [0.15, 0.2) is 30.3 Å². The first-order chi connectivity index (χ1) is 12.5. The monoisotopic (exact) mass is 383 g/mol. The van der Waals surface area contributed by atoms with Crippen LogP contribution in [0.3, 0.4) is 0 Å². The van der Waals surface area contributed by atoms with Gasteiger partial charge < -0.3 is 9.47 Å². The predicted molar refractivity (Wildman–Crippen MR) is 95.2 cm³/mol. The number of rotatable bonds is 2. The Bertz CT molecular complexity index is 719. The number of fused-ring (bicyclic) bond motifs is 2. The van der Waals surface area contributed by atoms with Crippen molar-refractivity contribution in [3.05, 3.63) is 35.9 Å². The van der Waals surface area contributed by atoms with Gasteiger partial charge in [0.15, 0.2) is 0 Å². The zero-order chi connectivity index (χ0) is 19.8. The lowest BCUT2D eigenvalue weighted by molar-refractivity contribution is -0.274. The summed E-state index contributed by atoms with van der Waals surface area (Å²) < 4.78 is 46.4. The molecule has 1 amide bonds. The molecule has 148 valence electrons. The largest absolute Gasteiger partial charge is 0.573 e. The summed E-state index contributed by atoms with van der Waals surface area (Å²) in [4.78, 5) is 14.4. The maximum Gasteiger partial charge on any atom is 0.573 e. The van der Waals surface area contributed by atoms with Gasteiger partial charge in [-0.3, -0.25) is 4.90 Å². The molecule has 0 spiro atoms. The number of hydrogen-bond acceptors (Lipinski definition) is 3. The number of hydrogen-bond donors (Lipinski definition) is 0. The van der Waals surface area contributed by atoms with E-state index in [9.17, 15) is 18.0 Å². The van der Waals surface area contributed by atoms with E-state index in [2.05, 4.69) is 4.74 Å². The van der Waals surface area contributed by atoms with Crippen LogP contribution in [0.25, 0.3) is 5.57 Å². The quantitative estimate of drug-likeness (QED) is 0.674. The van der Waals surface area contributed by atoms with Gasteiger partial charge in [-0.25, -0.2) is 4.79 Å². The summed E-state index contributed by atoms with van der Waals surface area (Å²) in [5, 5.41) is 0. The first-order valence-electron chi connectivity index (χ1n) is 9.10. The summed E-state index contributed by atoms with van der Waals surface area (Å²) in [7, 11) is 0. The molecule has 1 fully saturated rings. The van der Waals surface area contributed by atoms with Crippen LogP contribution in [0.2, 0.25) is 0 Å². The predicted octanol–water partition coefficient (Wildman–Crippen LogP) is 5.53. The second-order valence-corrected chi connectivity index (χ2v) is 8.01. The normalized spacial score (nSPS) is 22.9. The van der Waals surface area contributed by atoms with Crippen LogP contribution in [0, 0.1) is 0 Å². The van der Waals surface area contributed by atoms with Crippen LogP contribution in [0.1, 0.15) is 52.0 Å². The smallest absolute Gasteiger partial charge is 0.444 e. The molecule has 1 aromatic carbocycles. The minimum Gasteiger partial charge on any atom is -0.444 e. The summed E-state index contributed by atoms with van der Waals surface area (Å²) >= 11 is 0. The second-order valence-electron chi connectivity index (χ2n) is 8.01. The van der Waals surface area contributed by atoms with Crippen LogP contribution in [-0.2, 0) is 4.74 Å². The Morgan fingerprint density at radius 2 is 1.78 bits per heavy atom. The molecule has 2 aliphatic heterocycles. The van der Waals surface area contributed by atoms with E-state index >= 15 is 0 Å². The summed E-state index contributed by atoms with van der Waals surface area (Å²) in [6, 6.07) is 5.90. The molecule has 0 aromatic heterocycles. The summed E-state index contributed by atoms with van der Waals surface area (Å²) in [6.07, 6.45) is 0.486. The molecule has 4 nitrogen and oxygen atoms in total. The Kier molecular flexibility index (Phi) is 5.14. The highest BCUT2D eigenvalue weighted by Crippen LogP contribution is 2.38. The number of ether oxygens (including phenoxy) is 2. The molecule has 1 saturated heterocycles. The lowest BCUT2D eigenvalue weighted by atomic mass is 9.83. The summed E-state index contributed by atoms with van der Waals surface area (Å²) in [6.45, 7) is 5.53. The molecule has 2 unspecified atom stereocenters. The van der Waals surface area contributed by atoms with Crippen LogP contribution < -0.4 is 4.74 Å². The molecule has 3 rings (SSSR count). The zero-order valence-corrected chi connectivity index (χ0v) is 15.7. The lowest BCUT2D eigenvalue weighted by Gasteiger charge is -2.45. The van der Waals surface area contributed by atoms with Gasteiger partial charge in [0.25, 0.3) is 0 Å².